The number of rotatable bonds is 2. The van der Waals surface area contributed by atoms with Crippen LogP contribution in [0.5, 0.6) is 0 Å². The van der Waals surface area contributed by atoms with Crippen LogP contribution in [0, 0.1) is 0 Å². The molecule has 2 N–H and O–H groups in total. The van der Waals surface area contributed by atoms with Crippen molar-refractivity contribution < 1.29 is 25.9 Å². The van der Waals surface area contributed by atoms with Crippen molar-refractivity contribution in [2.45, 2.75) is 9.79 Å². The Labute approximate surface area is 114 Å². The Balaban J connectivity index is 2.65. The second-order valence-electron chi connectivity index (χ2n) is 4.34. The fourth-order valence-corrected chi connectivity index (χ4v) is 3.86. The minimum atomic E-state index is -4.62. The molecular formula is C12H8O6S2. The molecule has 0 saturated carbocycles. The molecular weight excluding hydrogens is 304 g/mol. The van der Waals surface area contributed by atoms with E-state index >= 15 is 0 Å². The molecule has 2 aromatic rings. The third-order valence-corrected chi connectivity index (χ3v) is 4.94. The SMILES string of the molecule is O=S(=O)(O)c1ccc2c3c(ccc(S(=O)(=O)O)c13)C=C2. The van der Waals surface area contributed by atoms with Gasteiger partial charge in [0.2, 0.25) is 0 Å². The lowest BCUT2D eigenvalue weighted by Gasteiger charge is -2.10. The quantitative estimate of drug-likeness (QED) is 0.699. The summed E-state index contributed by atoms with van der Waals surface area (Å²) in [7, 11) is -9.24. The Kier molecular flexibility index (Phi) is 2.58. The van der Waals surface area contributed by atoms with Gasteiger partial charge in [-0.15, -0.1) is 0 Å². The standard InChI is InChI=1S/C12H8O6S2/c13-19(14,15)9-5-3-7-1-2-8-4-6-10(20(16,17)18)12(9)11(7)8/h1-6H,(H,13,14,15)(H,16,17,18). The molecule has 0 spiro atoms. The summed E-state index contributed by atoms with van der Waals surface area (Å²) in [6.07, 6.45) is 3.39. The van der Waals surface area contributed by atoms with Crippen LogP contribution in [0.4, 0.5) is 0 Å². The maximum Gasteiger partial charge on any atom is 0.295 e. The van der Waals surface area contributed by atoms with E-state index < -0.39 is 30.0 Å². The lowest BCUT2D eigenvalue weighted by Crippen LogP contribution is -2.05. The normalized spacial score (nSPS) is 14.1. The zero-order chi connectivity index (χ0) is 14.7. The van der Waals surface area contributed by atoms with Gasteiger partial charge in [-0.2, -0.15) is 16.8 Å². The van der Waals surface area contributed by atoms with Gasteiger partial charge in [-0.25, -0.2) is 0 Å². The van der Waals surface area contributed by atoms with Gasteiger partial charge in [0.1, 0.15) is 9.79 Å². The molecule has 0 saturated heterocycles. The Hall–Kier alpha value is -1.74. The fourth-order valence-electron chi connectivity index (χ4n) is 2.37. The van der Waals surface area contributed by atoms with Gasteiger partial charge in [0, 0.05) is 5.39 Å². The smallest absolute Gasteiger partial charge is 0.282 e. The lowest BCUT2D eigenvalue weighted by molar-refractivity contribution is 0.483. The first-order valence-electron chi connectivity index (χ1n) is 5.42. The molecule has 20 heavy (non-hydrogen) atoms. The predicted molar refractivity (Wildman–Crippen MR) is 72.5 cm³/mol. The largest absolute Gasteiger partial charge is 0.295 e. The van der Waals surface area contributed by atoms with Crippen molar-refractivity contribution in [1.29, 1.82) is 0 Å². The summed E-state index contributed by atoms with van der Waals surface area (Å²) in [6, 6.07) is 5.15. The topological polar surface area (TPSA) is 109 Å². The summed E-state index contributed by atoms with van der Waals surface area (Å²) < 4.78 is 64.2. The highest BCUT2D eigenvalue weighted by Gasteiger charge is 2.25. The molecule has 0 amide bonds. The van der Waals surface area contributed by atoms with Gasteiger partial charge in [0.15, 0.2) is 0 Å². The van der Waals surface area contributed by atoms with E-state index in [1.165, 1.54) is 12.1 Å². The monoisotopic (exact) mass is 312 g/mol. The van der Waals surface area contributed by atoms with E-state index in [1.54, 1.807) is 12.2 Å². The zero-order valence-corrected chi connectivity index (χ0v) is 11.4. The second-order valence-corrected chi connectivity index (χ2v) is 7.12. The second kappa shape index (κ2) is 3.89. The van der Waals surface area contributed by atoms with Crippen LogP contribution >= 0.6 is 0 Å². The van der Waals surface area contributed by atoms with Gasteiger partial charge in [-0.05, 0) is 28.6 Å². The highest BCUT2D eigenvalue weighted by Crippen LogP contribution is 2.38. The van der Waals surface area contributed by atoms with Gasteiger partial charge in [0.05, 0.1) is 0 Å². The Morgan fingerprint density at radius 2 is 1.05 bits per heavy atom. The van der Waals surface area contributed by atoms with E-state index in [1.807, 2.05) is 0 Å². The first kappa shape index (κ1) is 13.3. The van der Waals surface area contributed by atoms with Gasteiger partial charge in [-0.1, -0.05) is 24.3 Å². The average molecular weight is 312 g/mol. The average Bonchev–Trinajstić information content (AvgIpc) is 2.72. The van der Waals surface area contributed by atoms with Gasteiger partial charge < -0.3 is 0 Å². The van der Waals surface area contributed by atoms with Crippen LogP contribution in [0.3, 0.4) is 0 Å². The lowest BCUT2D eigenvalue weighted by atomic mass is 10.0. The fraction of sp³-hybridized carbons (Fsp3) is 0. The molecule has 0 bridgehead atoms. The molecule has 8 heteroatoms. The highest BCUT2D eigenvalue weighted by molar-refractivity contribution is 7.87. The first-order chi connectivity index (χ1) is 9.19. The molecule has 0 radical (unpaired) electrons. The maximum absolute atomic E-state index is 11.4. The third kappa shape index (κ3) is 1.85. The number of hydrogen-bond acceptors (Lipinski definition) is 4. The molecule has 6 nitrogen and oxygen atoms in total. The Morgan fingerprint density at radius 1 is 0.650 bits per heavy atom. The van der Waals surface area contributed by atoms with Gasteiger partial charge >= 0.3 is 0 Å². The molecule has 1 aliphatic carbocycles. The molecule has 1 aliphatic rings. The number of benzene rings is 2. The molecule has 0 fully saturated rings. The summed E-state index contributed by atoms with van der Waals surface area (Å²) in [5.74, 6) is 0. The van der Waals surface area contributed by atoms with Crippen molar-refractivity contribution in [1.82, 2.24) is 0 Å². The van der Waals surface area contributed by atoms with E-state index in [9.17, 15) is 25.9 Å². The van der Waals surface area contributed by atoms with Crippen molar-refractivity contribution in [3.8, 4) is 0 Å². The van der Waals surface area contributed by atoms with Crippen LogP contribution in [0.1, 0.15) is 11.1 Å². The van der Waals surface area contributed by atoms with Gasteiger partial charge in [-0.3, -0.25) is 9.11 Å². The van der Waals surface area contributed by atoms with Crippen LogP contribution < -0.4 is 0 Å². The molecule has 0 atom stereocenters. The molecule has 0 unspecified atom stereocenters. The van der Waals surface area contributed by atoms with Crippen molar-refractivity contribution in [3.05, 3.63) is 35.4 Å². The van der Waals surface area contributed by atoms with E-state index in [-0.39, 0.29) is 5.39 Å². The van der Waals surface area contributed by atoms with E-state index in [0.717, 1.165) is 12.1 Å². The van der Waals surface area contributed by atoms with Crippen molar-refractivity contribution in [3.63, 3.8) is 0 Å². The van der Waals surface area contributed by atoms with E-state index in [2.05, 4.69) is 0 Å². The minimum absolute atomic E-state index is 0.199. The highest BCUT2D eigenvalue weighted by atomic mass is 32.2. The Bertz CT molecular complexity index is 908. The number of hydrogen-bond donors (Lipinski definition) is 2. The van der Waals surface area contributed by atoms with Crippen LogP contribution in [0.15, 0.2) is 34.1 Å². The van der Waals surface area contributed by atoms with Crippen LogP contribution in [0.25, 0.3) is 22.9 Å². The zero-order valence-electron chi connectivity index (χ0n) is 9.81. The van der Waals surface area contributed by atoms with E-state index in [4.69, 9.17) is 0 Å². The molecule has 104 valence electrons. The van der Waals surface area contributed by atoms with Crippen molar-refractivity contribution in [2.24, 2.45) is 0 Å². The summed E-state index contributed by atoms with van der Waals surface area (Å²) in [4.78, 5) is -1.09. The predicted octanol–water partition coefficient (Wildman–Crippen LogP) is 1.82. The first-order valence-corrected chi connectivity index (χ1v) is 8.30. The Morgan fingerprint density at radius 3 is 1.40 bits per heavy atom. The van der Waals surface area contributed by atoms with Crippen molar-refractivity contribution in [2.75, 3.05) is 0 Å². The summed E-state index contributed by atoms with van der Waals surface area (Å²) in [5.41, 5.74) is 1.24. The molecule has 2 aromatic carbocycles. The molecule has 0 heterocycles. The minimum Gasteiger partial charge on any atom is -0.282 e. The molecule has 3 rings (SSSR count). The maximum atomic E-state index is 11.4. The summed E-state index contributed by atoms with van der Waals surface area (Å²) >= 11 is 0. The summed E-state index contributed by atoms with van der Waals surface area (Å²) in [6.45, 7) is 0. The molecule has 0 aliphatic heterocycles. The van der Waals surface area contributed by atoms with Crippen molar-refractivity contribution >= 4 is 43.2 Å². The van der Waals surface area contributed by atoms with E-state index in [0.29, 0.717) is 16.5 Å². The molecule has 0 aromatic heterocycles. The van der Waals surface area contributed by atoms with Crippen LogP contribution in [-0.4, -0.2) is 25.9 Å². The third-order valence-electron chi connectivity index (χ3n) is 3.15. The van der Waals surface area contributed by atoms with Crippen LogP contribution in [0.2, 0.25) is 0 Å². The van der Waals surface area contributed by atoms with Gasteiger partial charge in [0.25, 0.3) is 20.2 Å². The van der Waals surface area contributed by atoms with Crippen LogP contribution in [-0.2, 0) is 20.2 Å². The summed E-state index contributed by atoms with van der Waals surface area (Å²) in [5, 5.41) is 0.172.